The molecular formula is C24H24N2O3S. The number of nitrogens with zero attached hydrogens (tertiary/aromatic N) is 1. The zero-order valence-electron chi connectivity index (χ0n) is 16.7. The van der Waals surface area contributed by atoms with Crippen molar-refractivity contribution in [2.75, 3.05) is 5.75 Å². The van der Waals surface area contributed by atoms with Gasteiger partial charge in [0.15, 0.2) is 6.10 Å². The van der Waals surface area contributed by atoms with E-state index in [1.807, 2.05) is 79.7 Å². The molecule has 1 amide bonds. The number of esters is 1. The molecule has 0 aromatic heterocycles. The smallest absolute Gasteiger partial charge is 0.356 e. The molecule has 0 bridgehead atoms. The Morgan fingerprint density at radius 1 is 1.17 bits per heavy atom. The van der Waals surface area contributed by atoms with Crippen molar-refractivity contribution in [1.82, 2.24) is 4.90 Å². The Balaban J connectivity index is 1.70. The molecule has 2 aromatic carbocycles. The minimum atomic E-state index is -0.575. The maximum absolute atomic E-state index is 13.4. The van der Waals surface area contributed by atoms with Crippen molar-refractivity contribution in [3.8, 4) is 0 Å². The van der Waals surface area contributed by atoms with Crippen LogP contribution < -0.4 is 5.73 Å². The highest BCUT2D eigenvalue weighted by Gasteiger charge is 2.52. The Kier molecular flexibility index (Phi) is 6.06. The number of rotatable bonds is 6. The lowest BCUT2D eigenvalue weighted by Gasteiger charge is -2.48. The molecule has 154 valence electrons. The van der Waals surface area contributed by atoms with Crippen LogP contribution in [0.4, 0.5) is 0 Å². The molecule has 0 spiro atoms. The van der Waals surface area contributed by atoms with E-state index in [-0.39, 0.29) is 11.3 Å². The number of nitrogens with two attached hydrogens (primary N) is 1. The number of benzene rings is 2. The van der Waals surface area contributed by atoms with E-state index in [4.69, 9.17) is 10.5 Å². The first-order chi connectivity index (χ1) is 14.6. The Labute approximate surface area is 180 Å². The second-order valence-corrected chi connectivity index (χ2v) is 8.33. The average Bonchev–Trinajstić information content (AvgIpc) is 2.81. The normalized spacial score (nSPS) is 21.0. The molecule has 2 heterocycles. The summed E-state index contributed by atoms with van der Waals surface area (Å²) in [5.74, 6) is -0.128. The Morgan fingerprint density at radius 2 is 1.77 bits per heavy atom. The summed E-state index contributed by atoms with van der Waals surface area (Å²) in [6, 6.07) is 18.7. The molecule has 6 heteroatoms. The first-order valence-corrected chi connectivity index (χ1v) is 11.1. The van der Waals surface area contributed by atoms with Gasteiger partial charge in [0.1, 0.15) is 17.1 Å². The van der Waals surface area contributed by atoms with Gasteiger partial charge >= 0.3 is 5.97 Å². The molecule has 0 radical (unpaired) electrons. The van der Waals surface area contributed by atoms with Crippen LogP contribution in [0.1, 0.15) is 30.6 Å². The summed E-state index contributed by atoms with van der Waals surface area (Å²) in [5, 5.41) is -0.217. The second-order valence-electron chi connectivity index (χ2n) is 7.23. The molecule has 0 saturated carbocycles. The first kappa shape index (κ1) is 20.4. The molecule has 2 unspecified atom stereocenters. The van der Waals surface area contributed by atoms with Gasteiger partial charge in [-0.25, -0.2) is 4.79 Å². The summed E-state index contributed by atoms with van der Waals surface area (Å²) in [5.41, 5.74) is 8.81. The topological polar surface area (TPSA) is 72.6 Å². The summed E-state index contributed by atoms with van der Waals surface area (Å²) in [4.78, 5) is 27.4. The van der Waals surface area contributed by atoms with Gasteiger partial charge in [0.25, 0.3) is 0 Å². The van der Waals surface area contributed by atoms with Crippen LogP contribution in [0.3, 0.4) is 0 Å². The fourth-order valence-corrected chi connectivity index (χ4v) is 4.93. The molecule has 0 aliphatic carbocycles. The lowest BCUT2D eigenvalue weighted by atomic mass is 10.0. The number of carbonyl (C=O) groups is 2. The predicted octanol–water partition coefficient (Wildman–Crippen LogP) is 3.78. The highest BCUT2D eigenvalue weighted by Crippen LogP contribution is 2.41. The summed E-state index contributed by atoms with van der Waals surface area (Å²) in [6.45, 7) is 2.03. The van der Waals surface area contributed by atoms with Gasteiger partial charge in [-0.05, 0) is 23.1 Å². The first-order valence-electron chi connectivity index (χ1n) is 10.0. The van der Waals surface area contributed by atoms with Crippen molar-refractivity contribution >= 4 is 23.6 Å². The number of hydrogen-bond acceptors (Lipinski definition) is 5. The van der Waals surface area contributed by atoms with Gasteiger partial charge in [0.05, 0.1) is 0 Å². The number of carbonyl (C=O) groups excluding carboxylic acids is 2. The molecule has 2 aromatic rings. The van der Waals surface area contributed by atoms with E-state index in [0.717, 1.165) is 23.1 Å². The van der Waals surface area contributed by atoms with Crippen molar-refractivity contribution in [1.29, 1.82) is 0 Å². The SMILES string of the molecule is CC/C=C\C1=C(C(=O)OC(c2ccccc2)c2ccccc2)N2C(=O)C(N)C2SC1. The van der Waals surface area contributed by atoms with E-state index < -0.39 is 18.1 Å². The lowest BCUT2D eigenvalue weighted by Crippen LogP contribution is -2.68. The molecule has 2 aliphatic heterocycles. The summed E-state index contributed by atoms with van der Waals surface area (Å²) >= 11 is 1.58. The number of hydrogen-bond donors (Lipinski definition) is 1. The van der Waals surface area contributed by atoms with Crippen molar-refractivity contribution in [3.63, 3.8) is 0 Å². The third kappa shape index (κ3) is 3.80. The largest absolute Gasteiger partial charge is 0.448 e. The maximum Gasteiger partial charge on any atom is 0.356 e. The quantitative estimate of drug-likeness (QED) is 0.569. The third-order valence-corrected chi connectivity index (χ3v) is 6.54. The van der Waals surface area contributed by atoms with E-state index in [9.17, 15) is 9.59 Å². The molecule has 2 aliphatic rings. The van der Waals surface area contributed by atoms with Gasteiger partial charge in [-0.3, -0.25) is 9.69 Å². The van der Waals surface area contributed by atoms with Gasteiger partial charge in [0.2, 0.25) is 5.91 Å². The maximum atomic E-state index is 13.4. The standard InChI is InChI=1S/C24H24N2O3S/c1-2-3-10-18-15-30-23-19(25)22(27)26(23)20(18)24(28)29-21(16-11-6-4-7-12-16)17-13-8-5-9-14-17/h3-14,19,21,23H,2,15,25H2,1H3/b10-3-. The van der Waals surface area contributed by atoms with Crippen LogP contribution in [-0.4, -0.2) is 33.9 Å². The predicted molar refractivity (Wildman–Crippen MR) is 118 cm³/mol. The summed E-state index contributed by atoms with van der Waals surface area (Å²) in [6.07, 6.45) is 4.17. The van der Waals surface area contributed by atoms with Gasteiger partial charge in [0, 0.05) is 5.75 Å². The molecule has 30 heavy (non-hydrogen) atoms. The van der Waals surface area contributed by atoms with E-state index >= 15 is 0 Å². The van der Waals surface area contributed by atoms with E-state index in [1.165, 1.54) is 4.90 Å². The zero-order valence-corrected chi connectivity index (χ0v) is 17.5. The monoisotopic (exact) mass is 420 g/mol. The third-order valence-electron chi connectivity index (χ3n) is 5.22. The lowest BCUT2D eigenvalue weighted by molar-refractivity contribution is -0.153. The van der Waals surface area contributed by atoms with Crippen molar-refractivity contribution in [2.24, 2.45) is 5.73 Å². The van der Waals surface area contributed by atoms with Crippen LogP contribution in [0.5, 0.6) is 0 Å². The molecular weight excluding hydrogens is 396 g/mol. The van der Waals surface area contributed by atoms with Crippen LogP contribution in [0, 0.1) is 0 Å². The molecule has 4 rings (SSSR count). The minimum Gasteiger partial charge on any atom is -0.448 e. The van der Waals surface area contributed by atoms with Gasteiger partial charge in [-0.1, -0.05) is 79.7 Å². The van der Waals surface area contributed by atoms with E-state index in [0.29, 0.717) is 11.4 Å². The van der Waals surface area contributed by atoms with Gasteiger partial charge in [-0.2, -0.15) is 0 Å². The number of allylic oxidation sites excluding steroid dienone is 2. The van der Waals surface area contributed by atoms with Crippen molar-refractivity contribution < 1.29 is 14.3 Å². The minimum absolute atomic E-state index is 0.217. The number of amides is 1. The second kappa shape index (κ2) is 8.90. The average molecular weight is 421 g/mol. The van der Waals surface area contributed by atoms with Crippen LogP contribution >= 0.6 is 11.8 Å². The van der Waals surface area contributed by atoms with Gasteiger partial charge in [-0.15, -0.1) is 11.8 Å². The van der Waals surface area contributed by atoms with E-state index in [2.05, 4.69) is 0 Å². The molecule has 1 fully saturated rings. The summed E-state index contributed by atoms with van der Waals surface area (Å²) in [7, 11) is 0. The van der Waals surface area contributed by atoms with Gasteiger partial charge < -0.3 is 10.5 Å². The Bertz CT molecular complexity index is 949. The van der Waals surface area contributed by atoms with Crippen LogP contribution in [-0.2, 0) is 14.3 Å². The van der Waals surface area contributed by atoms with Crippen LogP contribution in [0.2, 0.25) is 0 Å². The zero-order chi connectivity index (χ0) is 21.1. The number of ether oxygens (including phenoxy) is 1. The molecule has 2 N–H and O–H groups in total. The summed E-state index contributed by atoms with van der Waals surface area (Å²) < 4.78 is 6.03. The number of thioether (sulfide) groups is 1. The fourth-order valence-electron chi connectivity index (χ4n) is 3.66. The van der Waals surface area contributed by atoms with Crippen molar-refractivity contribution in [2.45, 2.75) is 30.9 Å². The highest BCUT2D eigenvalue weighted by molar-refractivity contribution is 8.00. The van der Waals surface area contributed by atoms with Crippen molar-refractivity contribution in [3.05, 3.63) is 95.2 Å². The van der Waals surface area contributed by atoms with Crippen LogP contribution in [0.25, 0.3) is 0 Å². The highest BCUT2D eigenvalue weighted by atomic mass is 32.2. The Morgan fingerprint density at radius 3 is 2.33 bits per heavy atom. The molecule has 1 saturated heterocycles. The fraction of sp³-hybridized carbons (Fsp3) is 0.250. The van der Waals surface area contributed by atoms with E-state index in [1.54, 1.807) is 11.8 Å². The Hall–Kier alpha value is -2.83. The number of fused-ring (bicyclic) bond motifs is 1. The number of β-lactam (4-membered cyclic amide) rings is 1. The van der Waals surface area contributed by atoms with Crippen LogP contribution in [0.15, 0.2) is 84.1 Å². The molecule has 5 nitrogen and oxygen atoms in total. The molecule has 2 atom stereocenters.